The summed E-state index contributed by atoms with van der Waals surface area (Å²) in [5.74, 6) is 0. The Morgan fingerprint density at radius 1 is 1.21 bits per heavy atom. The van der Waals surface area contributed by atoms with Crippen molar-refractivity contribution >= 4 is 11.6 Å². The Bertz CT molecular complexity index is 630. The first-order valence-electron chi connectivity index (χ1n) is 5.59. The number of aryl methyl sites for hydroxylation is 2. The van der Waals surface area contributed by atoms with Crippen LogP contribution in [0.1, 0.15) is 16.8 Å². The average Bonchev–Trinajstić information content (AvgIpc) is 2.53. The van der Waals surface area contributed by atoms with E-state index in [4.69, 9.17) is 11.6 Å². The molecule has 0 amide bonds. The fraction of sp³-hybridized carbons (Fsp3) is 0.308. The lowest BCUT2D eigenvalue weighted by molar-refractivity contribution is -0.137. The normalized spacial score (nSPS) is 11.9. The number of rotatable bonds is 1. The van der Waals surface area contributed by atoms with E-state index in [1.807, 2.05) is 13.8 Å². The van der Waals surface area contributed by atoms with Crippen LogP contribution in [0.5, 0.6) is 0 Å². The van der Waals surface area contributed by atoms with Gasteiger partial charge in [0, 0.05) is 12.6 Å². The minimum absolute atomic E-state index is 0.0703. The highest BCUT2D eigenvalue weighted by Gasteiger charge is 2.31. The van der Waals surface area contributed by atoms with E-state index in [0.29, 0.717) is 5.56 Å². The van der Waals surface area contributed by atoms with Crippen LogP contribution in [0.4, 0.5) is 13.2 Å². The molecule has 1 aromatic heterocycles. The Labute approximate surface area is 113 Å². The maximum atomic E-state index is 12.6. The topological polar surface area (TPSA) is 17.8 Å². The Hall–Kier alpha value is -1.49. The lowest BCUT2D eigenvalue weighted by Crippen LogP contribution is -2.05. The van der Waals surface area contributed by atoms with Gasteiger partial charge in [0.25, 0.3) is 0 Å². The molecule has 0 radical (unpaired) electrons. The first kappa shape index (κ1) is 13.9. The molecular formula is C13H12ClF3N2. The molecule has 2 rings (SSSR count). The predicted octanol–water partition coefficient (Wildman–Crippen LogP) is 4.38. The third kappa shape index (κ3) is 2.47. The van der Waals surface area contributed by atoms with Gasteiger partial charge in [-0.15, -0.1) is 0 Å². The number of hydrogen-bond donors (Lipinski definition) is 0. The zero-order valence-electron chi connectivity index (χ0n) is 10.6. The lowest BCUT2D eigenvalue weighted by atomic mass is 10.0. The molecule has 2 aromatic rings. The van der Waals surface area contributed by atoms with Crippen molar-refractivity contribution in [3.63, 3.8) is 0 Å². The standard InChI is InChI=1S/C13H12ClF3N2/c1-7-8(2)18-19(3)12(7)10-5-4-9(6-11(10)14)13(15,16)17/h4-6H,1-3H3. The molecule has 102 valence electrons. The fourth-order valence-electron chi connectivity index (χ4n) is 2.02. The number of alkyl halides is 3. The molecular weight excluding hydrogens is 277 g/mol. The summed E-state index contributed by atoms with van der Waals surface area (Å²) in [6.07, 6.45) is -4.39. The summed E-state index contributed by atoms with van der Waals surface area (Å²) in [4.78, 5) is 0. The van der Waals surface area contributed by atoms with Crippen LogP contribution in [0.15, 0.2) is 18.2 Å². The van der Waals surface area contributed by atoms with Crippen molar-refractivity contribution in [1.29, 1.82) is 0 Å². The van der Waals surface area contributed by atoms with Crippen LogP contribution in [0.2, 0.25) is 5.02 Å². The van der Waals surface area contributed by atoms with Crippen molar-refractivity contribution in [2.45, 2.75) is 20.0 Å². The molecule has 0 aliphatic rings. The Balaban J connectivity index is 2.59. The van der Waals surface area contributed by atoms with Gasteiger partial charge in [-0.05, 0) is 31.5 Å². The monoisotopic (exact) mass is 288 g/mol. The molecule has 1 heterocycles. The maximum absolute atomic E-state index is 12.6. The minimum atomic E-state index is -4.39. The van der Waals surface area contributed by atoms with Gasteiger partial charge in [-0.1, -0.05) is 17.7 Å². The molecule has 0 atom stereocenters. The summed E-state index contributed by atoms with van der Waals surface area (Å²) in [6.45, 7) is 3.71. The molecule has 0 unspecified atom stereocenters. The van der Waals surface area contributed by atoms with Gasteiger partial charge in [-0.3, -0.25) is 4.68 Å². The zero-order valence-corrected chi connectivity index (χ0v) is 11.4. The second-order valence-electron chi connectivity index (χ2n) is 4.38. The average molecular weight is 289 g/mol. The maximum Gasteiger partial charge on any atom is 0.416 e. The van der Waals surface area contributed by atoms with Crippen LogP contribution < -0.4 is 0 Å². The van der Waals surface area contributed by atoms with Crippen LogP contribution in [0, 0.1) is 13.8 Å². The van der Waals surface area contributed by atoms with Crippen LogP contribution in [0.3, 0.4) is 0 Å². The molecule has 0 bridgehead atoms. The summed E-state index contributed by atoms with van der Waals surface area (Å²) in [7, 11) is 1.74. The third-order valence-electron chi connectivity index (χ3n) is 3.07. The van der Waals surface area contributed by atoms with Gasteiger partial charge in [0.05, 0.1) is 22.0 Å². The van der Waals surface area contributed by atoms with Gasteiger partial charge >= 0.3 is 6.18 Å². The van der Waals surface area contributed by atoms with Gasteiger partial charge < -0.3 is 0 Å². The summed E-state index contributed by atoms with van der Waals surface area (Å²) in [5.41, 5.74) is 2.27. The molecule has 6 heteroatoms. The summed E-state index contributed by atoms with van der Waals surface area (Å²) >= 11 is 5.98. The highest BCUT2D eigenvalue weighted by molar-refractivity contribution is 6.33. The third-order valence-corrected chi connectivity index (χ3v) is 3.39. The number of hydrogen-bond acceptors (Lipinski definition) is 1. The van der Waals surface area contributed by atoms with E-state index in [-0.39, 0.29) is 5.02 Å². The quantitative estimate of drug-likeness (QED) is 0.761. The summed E-state index contributed by atoms with van der Waals surface area (Å²) in [6, 6.07) is 3.36. The van der Waals surface area contributed by atoms with E-state index >= 15 is 0 Å². The second kappa shape index (κ2) is 4.56. The zero-order chi connectivity index (χ0) is 14.4. The van der Waals surface area contributed by atoms with Crippen LogP contribution in [0.25, 0.3) is 11.3 Å². The van der Waals surface area contributed by atoms with Crippen LogP contribution >= 0.6 is 11.6 Å². The van der Waals surface area contributed by atoms with Gasteiger partial charge in [0.2, 0.25) is 0 Å². The number of aromatic nitrogens is 2. The van der Waals surface area contributed by atoms with Crippen LogP contribution in [-0.4, -0.2) is 9.78 Å². The second-order valence-corrected chi connectivity index (χ2v) is 4.78. The van der Waals surface area contributed by atoms with E-state index in [9.17, 15) is 13.2 Å². The Morgan fingerprint density at radius 2 is 1.84 bits per heavy atom. The van der Waals surface area contributed by atoms with Gasteiger partial charge in [0.15, 0.2) is 0 Å². The van der Waals surface area contributed by atoms with Crippen molar-refractivity contribution in [3.05, 3.63) is 40.0 Å². The molecule has 1 aromatic carbocycles. The SMILES string of the molecule is Cc1nn(C)c(-c2ccc(C(F)(F)F)cc2Cl)c1C. The number of benzene rings is 1. The molecule has 2 nitrogen and oxygen atoms in total. The van der Waals surface area contributed by atoms with Crippen molar-refractivity contribution in [2.24, 2.45) is 7.05 Å². The number of nitrogens with zero attached hydrogens (tertiary/aromatic N) is 2. The van der Waals surface area contributed by atoms with Gasteiger partial charge in [-0.2, -0.15) is 18.3 Å². The Morgan fingerprint density at radius 3 is 2.26 bits per heavy atom. The molecule has 0 N–H and O–H groups in total. The lowest BCUT2D eigenvalue weighted by Gasteiger charge is -2.11. The highest BCUT2D eigenvalue weighted by Crippen LogP contribution is 2.36. The van der Waals surface area contributed by atoms with E-state index in [0.717, 1.165) is 29.1 Å². The fourth-order valence-corrected chi connectivity index (χ4v) is 2.29. The summed E-state index contributed by atoms with van der Waals surface area (Å²) in [5, 5.41) is 4.31. The molecule has 0 aliphatic carbocycles. The summed E-state index contributed by atoms with van der Waals surface area (Å²) < 4.78 is 39.4. The molecule has 0 spiro atoms. The van der Waals surface area contributed by atoms with Crippen molar-refractivity contribution < 1.29 is 13.2 Å². The van der Waals surface area contributed by atoms with E-state index in [2.05, 4.69) is 5.10 Å². The number of halogens is 4. The van der Waals surface area contributed by atoms with E-state index in [1.165, 1.54) is 6.07 Å². The van der Waals surface area contributed by atoms with Crippen LogP contribution in [-0.2, 0) is 13.2 Å². The van der Waals surface area contributed by atoms with Gasteiger partial charge in [0.1, 0.15) is 0 Å². The highest BCUT2D eigenvalue weighted by atomic mass is 35.5. The molecule has 0 fully saturated rings. The predicted molar refractivity (Wildman–Crippen MR) is 68.1 cm³/mol. The van der Waals surface area contributed by atoms with Gasteiger partial charge in [-0.25, -0.2) is 0 Å². The smallest absolute Gasteiger partial charge is 0.267 e. The largest absolute Gasteiger partial charge is 0.416 e. The van der Waals surface area contributed by atoms with Crippen molar-refractivity contribution in [2.75, 3.05) is 0 Å². The van der Waals surface area contributed by atoms with E-state index in [1.54, 1.807) is 11.7 Å². The Kier molecular flexibility index (Phi) is 3.34. The first-order chi connectivity index (χ1) is 8.71. The van der Waals surface area contributed by atoms with E-state index < -0.39 is 11.7 Å². The minimum Gasteiger partial charge on any atom is -0.267 e. The van der Waals surface area contributed by atoms with Crippen molar-refractivity contribution in [3.8, 4) is 11.3 Å². The first-order valence-corrected chi connectivity index (χ1v) is 5.97. The molecule has 0 saturated heterocycles. The molecule has 0 aliphatic heterocycles. The van der Waals surface area contributed by atoms with Crippen molar-refractivity contribution in [1.82, 2.24) is 9.78 Å². The molecule has 0 saturated carbocycles. The molecule has 19 heavy (non-hydrogen) atoms.